The number of ether oxygens (including phenoxy) is 2. The normalized spacial score (nSPS) is 16.7. The van der Waals surface area contributed by atoms with Gasteiger partial charge < -0.3 is 13.9 Å². The lowest BCUT2D eigenvalue weighted by molar-refractivity contribution is 0.0956. The van der Waals surface area contributed by atoms with Crippen molar-refractivity contribution in [3.05, 3.63) is 36.0 Å². The second-order valence-corrected chi connectivity index (χ2v) is 5.55. The van der Waals surface area contributed by atoms with Crippen LogP contribution in [0.4, 0.5) is 5.69 Å². The number of benzene rings is 1. The van der Waals surface area contributed by atoms with Gasteiger partial charge in [0, 0.05) is 12.5 Å². The van der Waals surface area contributed by atoms with Crippen molar-refractivity contribution in [1.82, 2.24) is 4.98 Å². The molecule has 1 aliphatic rings. The molecule has 0 radical (unpaired) electrons. The largest absolute Gasteiger partial charge is 0.497 e. The van der Waals surface area contributed by atoms with Crippen LogP contribution < -0.4 is 14.4 Å². The van der Waals surface area contributed by atoms with Crippen LogP contribution in [0.5, 0.6) is 11.5 Å². The highest BCUT2D eigenvalue weighted by molar-refractivity contribution is 6.05. The number of anilines is 1. The summed E-state index contributed by atoms with van der Waals surface area (Å²) in [6.45, 7) is 4.42. The molecule has 0 saturated carbocycles. The van der Waals surface area contributed by atoms with Crippen molar-refractivity contribution in [2.75, 3.05) is 18.6 Å². The Morgan fingerprint density at radius 1 is 1.48 bits per heavy atom. The average Bonchev–Trinajstić information content (AvgIpc) is 3.02. The fourth-order valence-corrected chi connectivity index (χ4v) is 2.61. The van der Waals surface area contributed by atoms with Crippen LogP contribution in [0.15, 0.2) is 28.9 Å². The maximum Gasteiger partial charge on any atom is 0.280 e. The number of fused-ring (bicyclic) bond motifs is 1. The van der Waals surface area contributed by atoms with Gasteiger partial charge in [-0.05, 0) is 25.5 Å². The highest BCUT2D eigenvalue weighted by Crippen LogP contribution is 2.37. The van der Waals surface area contributed by atoms with E-state index < -0.39 is 0 Å². The van der Waals surface area contributed by atoms with Crippen LogP contribution in [0.25, 0.3) is 0 Å². The molecule has 23 heavy (non-hydrogen) atoms. The van der Waals surface area contributed by atoms with Gasteiger partial charge in [0.15, 0.2) is 11.6 Å². The number of carbonyl (C=O) groups excluding carboxylic acids is 1. The molecule has 2 aromatic rings. The topological polar surface area (TPSA) is 64.8 Å². The first-order valence-electron chi connectivity index (χ1n) is 7.73. The van der Waals surface area contributed by atoms with Gasteiger partial charge in [0.05, 0.1) is 19.3 Å². The number of rotatable bonds is 4. The molecule has 1 aliphatic heterocycles. The van der Waals surface area contributed by atoms with Gasteiger partial charge in [0.25, 0.3) is 5.91 Å². The number of amides is 1. The molecule has 2 heterocycles. The molecule has 0 saturated heterocycles. The van der Waals surface area contributed by atoms with E-state index in [1.807, 2.05) is 26.0 Å². The SMILES string of the molecule is CCCc1nc(C(=O)N2CC(C)Oc3ccc(OC)cc32)co1. The lowest BCUT2D eigenvalue weighted by Gasteiger charge is -2.33. The summed E-state index contributed by atoms with van der Waals surface area (Å²) in [5.74, 6) is 1.73. The van der Waals surface area contributed by atoms with E-state index in [0.29, 0.717) is 35.3 Å². The summed E-state index contributed by atoms with van der Waals surface area (Å²) >= 11 is 0. The van der Waals surface area contributed by atoms with Gasteiger partial charge in [-0.1, -0.05) is 6.92 Å². The number of aryl methyl sites for hydroxylation is 1. The first kappa shape index (κ1) is 15.4. The Labute approximate surface area is 135 Å². The van der Waals surface area contributed by atoms with E-state index in [-0.39, 0.29) is 12.0 Å². The monoisotopic (exact) mass is 316 g/mol. The number of oxazole rings is 1. The molecule has 0 N–H and O–H groups in total. The second-order valence-electron chi connectivity index (χ2n) is 5.55. The van der Waals surface area contributed by atoms with Gasteiger partial charge in [-0.2, -0.15) is 0 Å². The Balaban J connectivity index is 1.93. The van der Waals surface area contributed by atoms with Crippen LogP contribution >= 0.6 is 0 Å². The number of carbonyl (C=O) groups is 1. The molecule has 1 atom stereocenters. The summed E-state index contributed by atoms with van der Waals surface area (Å²) in [4.78, 5) is 18.8. The van der Waals surface area contributed by atoms with E-state index >= 15 is 0 Å². The van der Waals surface area contributed by atoms with Crippen molar-refractivity contribution in [1.29, 1.82) is 0 Å². The molecular weight excluding hydrogens is 296 g/mol. The smallest absolute Gasteiger partial charge is 0.280 e. The molecule has 0 fully saturated rings. The molecule has 122 valence electrons. The third-order valence-corrected chi connectivity index (χ3v) is 3.70. The zero-order valence-corrected chi connectivity index (χ0v) is 13.5. The molecule has 1 aromatic heterocycles. The Morgan fingerprint density at radius 2 is 2.30 bits per heavy atom. The summed E-state index contributed by atoms with van der Waals surface area (Å²) in [5, 5.41) is 0. The Hall–Kier alpha value is -2.50. The van der Waals surface area contributed by atoms with Crippen LogP contribution in [0.3, 0.4) is 0 Å². The Kier molecular flexibility index (Phi) is 4.23. The van der Waals surface area contributed by atoms with Gasteiger partial charge in [0.2, 0.25) is 0 Å². The molecule has 1 amide bonds. The number of aromatic nitrogens is 1. The minimum absolute atomic E-state index is 0.0955. The molecule has 1 aromatic carbocycles. The fraction of sp³-hybridized carbons (Fsp3) is 0.412. The highest BCUT2D eigenvalue weighted by Gasteiger charge is 2.30. The molecule has 3 rings (SSSR count). The van der Waals surface area contributed by atoms with Gasteiger partial charge in [-0.3, -0.25) is 9.69 Å². The molecule has 0 aliphatic carbocycles. The van der Waals surface area contributed by atoms with Crippen LogP contribution in [0, 0.1) is 0 Å². The summed E-state index contributed by atoms with van der Waals surface area (Å²) in [5.41, 5.74) is 1.00. The van der Waals surface area contributed by atoms with Crippen LogP contribution in [-0.4, -0.2) is 30.6 Å². The number of hydrogen-bond acceptors (Lipinski definition) is 5. The van der Waals surface area contributed by atoms with Crippen LogP contribution in [-0.2, 0) is 6.42 Å². The summed E-state index contributed by atoms with van der Waals surface area (Å²) in [6.07, 6.45) is 2.97. The summed E-state index contributed by atoms with van der Waals surface area (Å²) < 4.78 is 16.4. The van der Waals surface area contributed by atoms with Crippen molar-refractivity contribution < 1.29 is 18.7 Å². The number of methoxy groups -OCH3 is 1. The quantitative estimate of drug-likeness (QED) is 0.867. The van der Waals surface area contributed by atoms with E-state index in [1.165, 1.54) is 6.26 Å². The summed E-state index contributed by atoms with van der Waals surface area (Å²) in [6, 6.07) is 5.43. The van der Waals surface area contributed by atoms with Crippen LogP contribution in [0.2, 0.25) is 0 Å². The van der Waals surface area contributed by atoms with Gasteiger partial charge in [-0.25, -0.2) is 4.98 Å². The van der Waals surface area contributed by atoms with E-state index in [0.717, 1.165) is 12.8 Å². The molecule has 0 bridgehead atoms. The molecule has 6 heteroatoms. The van der Waals surface area contributed by atoms with E-state index in [1.54, 1.807) is 18.1 Å². The van der Waals surface area contributed by atoms with Gasteiger partial charge >= 0.3 is 0 Å². The number of nitrogens with zero attached hydrogens (tertiary/aromatic N) is 2. The van der Waals surface area contributed by atoms with Crippen molar-refractivity contribution in [3.63, 3.8) is 0 Å². The Bertz CT molecular complexity index is 710. The zero-order chi connectivity index (χ0) is 16.4. The molecule has 6 nitrogen and oxygen atoms in total. The van der Waals surface area contributed by atoms with Gasteiger partial charge in [-0.15, -0.1) is 0 Å². The van der Waals surface area contributed by atoms with Crippen molar-refractivity contribution in [2.45, 2.75) is 32.8 Å². The zero-order valence-electron chi connectivity index (χ0n) is 13.5. The second kappa shape index (κ2) is 6.32. The van der Waals surface area contributed by atoms with Crippen molar-refractivity contribution in [2.24, 2.45) is 0 Å². The lowest BCUT2D eigenvalue weighted by atomic mass is 10.1. The number of hydrogen-bond donors (Lipinski definition) is 0. The molecular formula is C17H20N2O4. The standard InChI is InChI=1S/C17H20N2O4/c1-4-5-16-18-13(10-22-16)17(20)19-9-11(2)23-15-7-6-12(21-3)8-14(15)19/h6-8,10-11H,4-5,9H2,1-3H3. The first-order chi connectivity index (χ1) is 11.1. The molecule has 1 unspecified atom stereocenters. The van der Waals surface area contributed by atoms with Crippen molar-refractivity contribution >= 4 is 11.6 Å². The maximum atomic E-state index is 12.8. The van der Waals surface area contributed by atoms with Crippen LogP contribution in [0.1, 0.15) is 36.6 Å². The third kappa shape index (κ3) is 3.02. The Morgan fingerprint density at radius 3 is 3.04 bits per heavy atom. The minimum atomic E-state index is -0.194. The fourth-order valence-electron chi connectivity index (χ4n) is 2.61. The summed E-state index contributed by atoms with van der Waals surface area (Å²) in [7, 11) is 1.59. The molecule has 0 spiro atoms. The predicted molar refractivity (Wildman–Crippen MR) is 85.3 cm³/mol. The van der Waals surface area contributed by atoms with Gasteiger partial charge in [0.1, 0.15) is 23.9 Å². The van der Waals surface area contributed by atoms with E-state index in [4.69, 9.17) is 13.9 Å². The van der Waals surface area contributed by atoms with Crippen molar-refractivity contribution in [3.8, 4) is 11.5 Å². The third-order valence-electron chi connectivity index (χ3n) is 3.70. The average molecular weight is 316 g/mol. The highest BCUT2D eigenvalue weighted by atomic mass is 16.5. The van der Waals surface area contributed by atoms with E-state index in [2.05, 4.69) is 4.98 Å². The lowest BCUT2D eigenvalue weighted by Crippen LogP contribution is -2.42. The predicted octanol–water partition coefficient (Wildman–Crippen LogP) is 3.06. The minimum Gasteiger partial charge on any atom is -0.497 e. The maximum absolute atomic E-state index is 12.8. The first-order valence-corrected chi connectivity index (χ1v) is 7.73. The van der Waals surface area contributed by atoms with E-state index in [9.17, 15) is 4.79 Å².